The normalized spacial score (nSPS) is 17.2. The van der Waals surface area contributed by atoms with Crippen LogP contribution >= 0.6 is 0 Å². The van der Waals surface area contributed by atoms with Crippen molar-refractivity contribution in [3.8, 4) is 11.5 Å². The zero-order valence-corrected chi connectivity index (χ0v) is 22.9. The van der Waals surface area contributed by atoms with Crippen LogP contribution in [0.3, 0.4) is 0 Å². The van der Waals surface area contributed by atoms with Crippen LogP contribution in [-0.2, 0) is 25.5 Å². The van der Waals surface area contributed by atoms with Crippen LogP contribution in [0.1, 0.15) is 33.8 Å². The van der Waals surface area contributed by atoms with Crippen LogP contribution in [0, 0.1) is 0 Å². The van der Waals surface area contributed by atoms with Crippen LogP contribution in [-0.4, -0.2) is 56.4 Å². The van der Waals surface area contributed by atoms with Crippen LogP contribution < -0.4 is 25.8 Å². The number of nitrogens with one attached hydrogen (secondary N) is 2. The average molecular weight is 576 g/mol. The zero-order valence-electron chi connectivity index (χ0n) is 22.9. The van der Waals surface area contributed by atoms with Gasteiger partial charge in [-0.1, -0.05) is 30.3 Å². The smallest absolute Gasteiger partial charge is 0.286 e. The van der Waals surface area contributed by atoms with E-state index in [0.29, 0.717) is 34.9 Å². The van der Waals surface area contributed by atoms with Crippen molar-refractivity contribution in [1.82, 2.24) is 5.32 Å². The lowest BCUT2D eigenvalue weighted by molar-refractivity contribution is -0.151. The highest BCUT2D eigenvalue weighted by molar-refractivity contribution is 6.05. The first kappa shape index (κ1) is 28.9. The number of aliphatic hydroxyl groups is 1. The minimum Gasteiger partial charge on any atom is -0.459 e. The third-order valence-electron chi connectivity index (χ3n) is 6.75. The van der Waals surface area contributed by atoms with Gasteiger partial charge in [-0.2, -0.15) is 0 Å². The largest absolute Gasteiger partial charge is 0.459 e. The van der Waals surface area contributed by atoms with E-state index in [1.165, 1.54) is 0 Å². The molecule has 5 N–H and O–H groups in total. The SMILES string of the molecule is Nc1ccccc1NC(=O)c1ccc(CNC(=O)C2=CC(c3ccc4c(c3)OCO4)CC(OCCOCCO)O2)cc1. The Morgan fingerprint density at radius 3 is 2.57 bits per heavy atom. The highest BCUT2D eigenvalue weighted by atomic mass is 16.7. The minimum atomic E-state index is -0.680. The maximum absolute atomic E-state index is 13.2. The molecule has 2 aliphatic rings. The molecule has 0 bridgehead atoms. The van der Waals surface area contributed by atoms with E-state index in [1.54, 1.807) is 54.6 Å². The number of ether oxygens (including phenoxy) is 5. The fourth-order valence-corrected chi connectivity index (χ4v) is 4.55. The number of hydrogen-bond donors (Lipinski definition) is 4. The molecule has 220 valence electrons. The quantitative estimate of drug-likeness (QED) is 0.188. The van der Waals surface area contributed by atoms with Crippen LogP contribution in [0.5, 0.6) is 11.5 Å². The maximum Gasteiger partial charge on any atom is 0.286 e. The van der Waals surface area contributed by atoms with Gasteiger partial charge in [-0.05, 0) is 53.6 Å². The van der Waals surface area contributed by atoms with Gasteiger partial charge in [-0.15, -0.1) is 0 Å². The van der Waals surface area contributed by atoms with Crippen LogP contribution in [0.15, 0.2) is 78.6 Å². The van der Waals surface area contributed by atoms with E-state index >= 15 is 0 Å². The molecule has 3 aromatic rings. The number of aliphatic hydroxyl groups excluding tert-OH is 1. The number of nitrogens with two attached hydrogens (primary N) is 1. The molecule has 0 saturated carbocycles. The second-order valence-corrected chi connectivity index (χ2v) is 9.66. The number of carbonyl (C=O) groups is 2. The Morgan fingerprint density at radius 2 is 1.76 bits per heavy atom. The third kappa shape index (κ3) is 7.38. The van der Waals surface area contributed by atoms with Crippen molar-refractivity contribution >= 4 is 23.2 Å². The summed E-state index contributed by atoms with van der Waals surface area (Å²) in [5.74, 6) is 0.612. The number of para-hydroxylation sites is 2. The van der Waals surface area contributed by atoms with Gasteiger partial charge in [-0.25, -0.2) is 0 Å². The Morgan fingerprint density at radius 1 is 0.952 bits per heavy atom. The van der Waals surface area contributed by atoms with Gasteiger partial charge in [0.25, 0.3) is 11.8 Å². The molecule has 0 aromatic heterocycles. The molecule has 0 spiro atoms. The molecule has 5 rings (SSSR count). The molecule has 42 heavy (non-hydrogen) atoms. The predicted octanol–water partition coefficient (Wildman–Crippen LogP) is 3.31. The van der Waals surface area contributed by atoms with Gasteiger partial charge < -0.3 is 45.2 Å². The monoisotopic (exact) mass is 575 g/mol. The highest BCUT2D eigenvalue weighted by Gasteiger charge is 2.30. The van der Waals surface area contributed by atoms with Crippen molar-refractivity contribution in [1.29, 1.82) is 0 Å². The molecule has 0 saturated heterocycles. The number of nitrogen functional groups attached to an aromatic ring is 1. The number of fused-ring (bicyclic) bond motifs is 1. The van der Waals surface area contributed by atoms with E-state index < -0.39 is 12.2 Å². The number of anilines is 2. The fourth-order valence-electron chi connectivity index (χ4n) is 4.55. The van der Waals surface area contributed by atoms with E-state index in [9.17, 15) is 9.59 Å². The number of benzene rings is 3. The van der Waals surface area contributed by atoms with E-state index in [1.807, 2.05) is 18.2 Å². The van der Waals surface area contributed by atoms with E-state index in [4.69, 9.17) is 34.5 Å². The Balaban J connectivity index is 1.21. The summed E-state index contributed by atoms with van der Waals surface area (Å²) < 4.78 is 28.0. The van der Waals surface area contributed by atoms with Gasteiger partial charge in [0.1, 0.15) is 0 Å². The fraction of sp³-hybridized carbons (Fsp3) is 0.290. The molecule has 2 atom stereocenters. The Labute approximate surface area is 243 Å². The topological polar surface area (TPSA) is 151 Å². The van der Waals surface area contributed by atoms with Crippen molar-refractivity contribution in [2.45, 2.75) is 25.2 Å². The standard InChI is InChI=1S/C31H33N3O8/c32-24-3-1-2-4-25(24)34-30(36)21-7-5-20(6-8-21)18-33-31(37)28-16-23(17-29(42-28)39-14-13-38-12-11-35)22-9-10-26-27(15-22)41-19-40-26/h1-10,15-16,23,29,35H,11-14,17-19,32H2,(H,33,37)(H,34,36). The first-order valence-corrected chi connectivity index (χ1v) is 13.6. The summed E-state index contributed by atoms with van der Waals surface area (Å²) in [6, 6.07) is 19.6. The molecule has 2 unspecified atom stereocenters. The van der Waals surface area contributed by atoms with E-state index in [2.05, 4.69) is 10.6 Å². The molecular weight excluding hydrogens is 542 g/mol. The Kier molecular flexibility index (Phi) is 9.55. The molecule has 0 aliphatic carbocycles. The number of amides is 2. The lowest BCUT2D eigenvalue weighted by Crippen LogP contribution is -2.33. The molecule has 3 aromatic carbocycles. The number of rotatable bonds is 12. The Bertz CT molecular complexity index is 1430. The molecule has 2 amide bonds. The van der Waals surface area contributed by atoms with Crippen molar-refractivity contribution in [3.63, 3.8) is 0 Å². The molecule has 0 radical (unpaired) electrons. The van der Waals surface area contributed by atoms with Gasteiger partial charge in [0, 0.05) is 24.4 Å². The summed E-state index contributed by atoms with van der Waals surface area (Å²) in [6.07, 6.45) is 1.58. The molecule has 0 fully saturated rings. The molecular formula is C31H33N3O8. The van der Waals surface area contributed by atoms with Gasteiger partial charge in [-0.3, -0.25) is 9.59 Å². The second-order valence-electron chi connectivity index (χ2n) is 9.66. The first-order valence-electron chi connectivity index (χ1n) is 13.6. The van der Waals surface area contributed by atoms with Crippen LogP contribution in [0.25, 0.3) is 0 Å². The molecule has 11 nitrogen and oxygen atoms in total. The van der Waals surface area contributed by atoms with Gasteiger partial charge in [0.05, 0.1) is 37.8 Å². The minimum absolute atomic E-state index is 0.0715. The summed E-state index contributed by atoms with van der Waals surface area (Å²) in [5, 5.41) is 14.6. The zero-order chi connectivity index (χ0) is 29.3. The average Bonchev–Trinajstić information content (AvgIpc) is 3.49. The Hall–Kier alpha value is -4.58. The summed E-state index contributed by atoms with van der Waals surface area (Å²) in [4.78, 5) is 25.8. The van der Waals surface area contributed by atoms with E-state index in [-0.39, 0.29) is 57.3 Å². The van der Waals surface area contributed by atoms with Crippen molar-refractivity contribution < 1.29 is 38.4 Å². The second kappa shape index (κ2) is 13.9. The van der Waals surface area contributed by atoms with E-state index in [0.717, 1.165) is 11.1 Å². The first-order chi connectivity index (χ1) is 20.5. The van der Waals surface area contributed by atoms with Crippen molar-refractivity contribution in [3.05, 3.63) is 95.3 Å². The van der Waals surface area contributed by atoms with Crippen LogP contribution in [0.4, 0.5) is 11.4 Å². The molecule has 2 aliphatic heterocycles. The molecule has 11 heteroatoms. The lowest BCUT2D eigenvalue weighted by atomic mass is 9.92. The molecule has 2 heterocycles. The number of carbonyl (C=O) groups excluding carboxylic acids is 2. The third-order valence-corrected chi connectivity index (χ3v) is 6.75. The van der Waals surface area contributed by atoms with Crippen molar-refractivity contribution in [2.24, 2.45) is 0 Å². The highest BCUT2D eigenvalue weighted by Crippen LogP contribution is 2.38. The van der Waals surface area contributed by atoms with Crippen LogP contribution in [0.2, 0.25) is 0 Å². The summed E-state index contributed by atoms with van der Waals surface area (Å²) >= 11 is 0. The number of hydrogen-bond acceptors (Lipinski definition) is 9. The van der Waals surface area contributed by atoms with Gasteiger partial charge in [0.15, 0.2) is 17.3 Å². The van der Waals surface area contributed by atoms with Gasteiger partial charge >= 0.3 is 0 Å². The maximum atomic E-state index is 13.2. The summed E-state index contributed by atoms with van der Waals surface area (Å²) in [6.45, 7) is 1.07. The summed E-state index contributed by atoms with van der Waals surface area (Å²) in [7, 11) is 0. The lowest BCUT2D eigenvalue weighted by Gasteiger charge is -2.29. The van der Waals surface area contributed by atoms with Crippen molar-refractivity contribution in [2.75, 3.05) is 44.3 Å². The summed E-state index contributed by atoms with van der Waals surface area (Å²) in [5.41, 5.74) is 9.13. The van der Waals surface area contributed by atoms with Gasteiger partial charge in [0.2, 0.25) is 13.1 Å². The number of allylic oxidation sites excluding steroid dienone is 1. The predicted molar refractivity (Wildman–Crippen MR) is 154 cm³/mol.